The summed E-state index contributed by atoms with van der Waals surface area (Å²) in [5, 5.41) is -2.02. The Labute approximate surface area is 183 Å². The molecule has 130 valence electrons. The lowest BCUT2D eigenvalue weighted by Gasteiger charge is -2.29. The second-order valence-electron chi connectivity index (χ2n) is 5.89. The van der Waals surface area contributed by atoms with Crippen molar-refractivity contribution in [3.63, 3.8) is 0 Å². The number of hydrogen-bond acceptors (Lipinski definition) is 1. The lowest BCUT2D eigenvalue weighted by Crippen LogP contribution is -2.64. The average Bonchev–Trinajstić information content (AvgIpc) is 3.38. The van der Waals surface area contributed by atoms with E-state index in [0.717, 1.165) is 0 Å². The summed E-state index contributed by atoms with van der Waals surface area (Å²) in [7, 11) is -4.71. The number of fused-ring (bicyclic) bond motifs is 3. The van der Waals surface area contributed by atoms with Gasteiger partial charge in [-0.2, -0.15) is 0 Å². The molecular formula is C25H20OSi. The molecule has 5 aromatic rings. The lowest BCUT2D eigenvalue weighted by atomic mass is 10.1. The van der Waals surface area contributed by atoms with Gasteiger partial charge in [0.2, 0.25) is 0 Å². The number of rotatable bonds is 3. The van der Waals surface area contributed by atoms with Crippen molar-refractivity contribution in [2.24, 2.45) is 0 Å². The molecule has 2 heteroatoms. The van der Waals surface area contributed by atoms with Gasteiger partial charge in [0.1, 0.15) is 19.2 Å². The van der Waals surface area contributed by atoms with Crippen molar-refractivity contribution >= 4 is 45.6 Å². The van der Waals surface area contributed by atoms with Crippen LogP contribution in [0.25, 0.3) is 21.9 Å². The Morgan fingerprint density at radius 3 is 1.85 bits per heavy atom. The number of benzene rings is 4. The maximum atomic E-state index is 9.01. The SMILES string of the molecule is [2H]c1c([2H])c([2H])c([Si](C)(c2c([2H])c([2H])c([2H])c([2H])c2[2H])c2c([2H])c([2H])c([2H])c3c2oc2c([2H])c([2H])c([2H])c([2H])c23)c([2H])c1[2H]. The molecule has 0 unspecified atom stereocenters. The first-order chi connectivity index (χ1) is 20.3. The van der Waals surface area contributed by atoms with Crippen molar-refractivity contribution in [3.05, 3.63) is 103 Å². The third-order valence-electron chi connectivity index (χ3n) is 4.44. The van der Waals surface area contributed by atoms with E-state index in [2.05, 4.69) is 0 Å². The average molecular weight is 382 g/mol. The van der Waals surface area contributed by atoms with Crippen LogP contribution in [0.5, 0.6) is 0 Å². The Bertz CT molecular complexity index is 1990. The van der Waals surface area contributed by atoms with Gasteiger partial charge in [-0.15, -0.1) is 0 Å². The molecule has 0 fully saturated rings. The molecule has 0 saturated carbocycles. The van der Waals surface area contributed by atoms with Crippen LogP contribution in [0.15, 0.2) is 107 Å². The van der Waals surface area contributed by atoms with Gasteiger partial charge in [-0.3, -0.25) is 0 Å². The molecule has 1 nitrogen and oxygen atoms in total. The molecule has 1 aromatic heterocycles. The van der Waals surface area contributed by atoms with Crippen LogP contribution in [0, 0.1) is 0 Å². The fourth-order valence-corrected chi connectivity index (χ4v) is 6.00. The zero-order valence-corrected chi connectivity index (χ0v) is 14.9. The predicted molar refractivity (Wildman–Crippen MR) is 117 cm³/mol. The first kappa shape index (κ1) is 6.22. The van der Waals surface area contributed by atoms with E-state index in [1.165, 1.54) is 6.55 Å². The Kier molecular flexibility index (Phi) is 1.44. The van der Waals surface area contributed by atoms with Crippen LogP contribution in [0.3, 0.4) is 0 Å². The highest BCUT2D eigenvalue weighted by Crippen LogP contribution is 2.28. The summed E-state index contributed by atoms with van der Waals surface area (Å²) in [4.78, 5) is 0. The van der Waals surface area contributed by atoms with E-state index in [1.807, 2.05) is 0 Å². The van der Waals surface area contributed by atoms with Crippen LogP contribution in [0.4, 0.5) is 0 Å². The van der Waals surface area contributed by atoms with Crippen molar-refractivity contribution < 1.29 is 27.7 Å². The third kappa shape index (κ3) is 2.45. The van der Waals surface area contributed by atoms with Gasteiger partial charge in [0.05, 0.1) is 23.3 Å². The monoisotopic (exact) mass is 381 g/mol. The van der Waals surface area contributed by atoms with E-state index in [1.54, 1.807) is 0 Å². The van der Waals surface area contributed by atoms with Gasteiger partial charge in [-0.25, -0.2) is 0 Å². The second kappa shape index (κ2) is 6.25. The van der Waals surface area contributed by atoms with Crippen molar-refractivity contribution in [2.45, 2.75) is 6.55 Å². The molecule has 0 aliphatic carbocycles. The largest absolute Gasteiger partial charge is 0.456 e. The molecule has 0 atom stereocenters. The maximum Gasteiger partial charge on any atom is 0.150 e. The standard InChI is InChI=1S/C25H20OSi/c1-27(19-11-4-2-5-12-19,20-13-6-3-7-14-20)24-18-10-16-22-21-15-8-9-17-23(21)26-25(22)24/h2-18H,1H3/i2D,3D,4D,5D,6D,7D,8D,9D,10D,11D,12D,13D,14D,15D,16D,17D,18D. The summed E-state index contributed by atoms with van der Waals surface area (Å²) < 4.78 is 150. The number of hydrogen-bond donors (Lipinski definition) is 0. The quantitative estimate of drug-likeness (QED) is 0.326. The first-order valence-electron chi connectivity index (χ1n) is 16.4. The molecule has 0 aliphatic heterocycles. The Morgan fingerprint density at radius 1 is 0.630 bits per heavy atom. The van der Waals surface area contributed by atoms with E-state index in [4.69, 9.17) is 27.7 Å². The van der Waals surface area contributed by atoms with E-state index in [0.29, 0.717) is 0 Å². The Balaban J connectivity index is 2.20. The van der Waals surface area contributed by atoms with Gasteiger partial charge in [0.15, 0.2) is 0 Å². The normalized spacial score (nSPS) is 20.7. The molecule has 0 bridgehead atoms. The zero-order chi connectivity index (χ0) is 33.1. The molecule has 0 aliphatic rings. The Morgan fingerprint density at radius 2 is 1.19 bits per heavy atom. The fourth-order valence-electron chi connectivity index (χ4n) is 3.06. The molecule has 4 aromatic carbocycles. The number of para-hydroxylation sites is 2. The summed E-state index contributed by atoms with van der Waals surface area (Å²) in [6.45, 7) is 1.28. The van der Waals surface area contributed by atoms with Crippen LogP contribution in [-0.2, 0) is 0 Å². The van der Waals surface area contributed by atoms with Crippen LogP contribution < -0.4 is 15.6 Å². The lowest BCUT2D eigenvalue weighted by molar-refractivity contribution is 0.671. The highest BCUT2D eigenvalue weighted by Gasteiger charge is 2.36. The molecule has 0 amide bonds. The van der Waals surface area contributed by atoms with Crippen molar-refractivity contribution in [1.29, 1.82) is 0 Å². The van der Waals surface area contributed by atoms with Gasteiger partial charge < -0.3 is 4.42 Å². The molecule has 0 N–H and O–H groups in total. The van der Waals surface area contributed by atoms with Crippen molar-refractivity contribution in [3.8, 4) is 0 Å². The van der Waals surface area contributed by atoms with Crippen LogP contribution in [-0.4, -0.2) is 8.07 Å². The highest BCUT2D eigenvalue weighted by molar-refractivity contribution is 7.11. The van der Waals surface area contributed by atoms with Gasteiger partial charge in [0, 0.05) is 10.8 Å². The molecular weight excluding hydrogens is 344 g/mol. The van der Waals surface area contributed by atoms with E-state index >= 15 is 0 Å². The second-order valence-corrected chi connectivity index (χ2v) is 9.64. The molecule has 0 spiro atoms. The molecule has 27 heavy (non-hydrogen) atoms. The van der Waals surface area contributed by atoms with E-state index in [-0.39, 0.29) is 10.8 Å². The van der Waals surface area contributed by atoms with Crippen LogP contribution in [0.1, 0.15) is 23.3 Å². The maximum absolute atomic E-state index is 9.01. The van der Waals surface area contributed by atoms with Crippen molar-refractivity contribution in [2.75, 3.05) is 0 Å². The first-order valence-corrected chi connectivity index (χ1v) is 10.4. The Hall–Kier alpha value is -3.10. The van der Waals surface area contributed by atoms with Gasteiger partial charge in [0.25, 0.3) is 0 Å². The van der Waals surface area contributed by atoms with Crippen molar-refractivity contribution in [1.82, 2.24) is 0 Å². The number of furan rings is 1. The zero-order valence-electron chi connectivity index (χ0n) is 30.9. The van der Waals surface area contributed by atoms with Crippen LogP contribution in [0.2, 0.25) is 6.55 Å². The third-order valence-corrected chi connectivity index (χ3v) is 8.29. The highest BCUT2D eigenvalue weighted by atomic mass is 28.3. The van der Waals surface area contributed by atoms with Gasteiger partial charge >= 0.3 is 0 Å². The molecule has 1 heterocycles. The molecule has 0 saturated heterocycles. The minimum atomic E-state index is -4.71. The summed E-state index contributed by atoms with van der Waals surface area (Å²) in [6.07, 6.45) is 0. The molecule has 5 rings (SSSR count). The summed E-state index contributed by atoms with van der Waals surface area (Å²) in [5.74, 6) is 0. The van der Waals surface area contributed by atoms with Gasteiger partial charge in [-0.05, 0) is 21.6 Å². The summed E-state index contributed by atoms with van der Waals surface area (Å²) in [5.41, 5.74) is -0.894. The topological polar surface area (TPSA) is 13.1 Å². The fraction of sp³-hybridized carbons (Fsp3) is 0.0400. The summed E-state index contributed by atoms with van der Waals surface area (Å²) >= 11 is 0. The smallest absolute Gasteiger partial charge is 0.150 e. The minimum absolute atomic E-state index is 0.302. The van der Waals surface area contributed by atoms with Gasteiger partial charge in [-0.1, -0.05) is 103 Å². The molecule has 0 radical (unpaired) electrons. The van der Waals surface area contributed by atoms with E-state index < -0.39 is 138 Å². The predicted octanol–water partition coefficient (Wildman–Crippen LogP) is 4.69. The van der Waals surface area contributed by atoms with E-state index in [9.17, 15) is 0 Å². The minimum Gasteiger partial charge on any atom is -0.456 e. The summed E-state index contributed by atoms with van der Waals surface area (Å²) in [6, 6.07) is -12.7. The van der Waals surface area contributed by atoms with Crippen LogP contribution >= 0.6 is 0 Å².